The van der Waals surface area contributed by atoms with E-state index in [1.807, 2.05) is 30.3 Å². The first-order valence-corrected chi connectivity index (χ1v) is 8.10. The van der Waals surface area contributed by atoms with E-state index in [2.05, 4.69) is 5.10 Å². The number of hydrogen-bond donors (Lipinski definition) is 1. The lowest BCUT2D eigenvalue weighted by Crippen LogP contribution is -2.12. The van der Waals surface area contributed by atoms with Crippen molar-refractivity contribution in [1.82, 2.24) is 9.78 Å². The SMILES string of the molecule is Cc1cc(O)c(C(=O)C=Cc2c(-c3ccccc3)nn(C)c2Cl)c(=O)o1. The lowest BCUT2D eigenvalue weighted by molar-refractivity contribution is 0.104. The van der Waals surface area contributed by atoms with Crippen molar-refractivity contribution >= 4 is 23.5 Å². The Hall–Kier alpha value is -3.12. The van der Waals surface area contributed by atoms with Crippen LogP contribution in [0.3, 0.4) is 0 Å². The Labute approximate surface area is 154 Å². The molecular formula is C19H15ClN2O4. The Bertz CT molecular complexity index is 1070. The van der Waals surface area contributed by atoms with Crippen LogP contribution in [-0.4, -0.2) is 20.7 Å². The van der Waals surface area contributed by atoms with Crippen LogP contribution in [0.2, 0.25) is 5.15 Å². The van der Waals surface area contributed by atoms with Gasteiger partial charge in [-0.2, -0.15) is 5.10 Å². The number of carbonyl (C=O) groups excluding carboxylic acids is 1. The standard InChI is InChI=1S/C19H15ClN2O4/c1-11-10-15(24)16(19(25)26-11)14(23)9-8-13-17(21-22(2)18(13)20)12-6-4-3-5-7-12/h3-10,24H,1-2H3. The molecule has 1 N–H and O–H groups in total. The summed E-state index contributed by atoms with van der Waals surface area (Å²) in [6, 6.07) is 10.6. The van der Waals surface area contributed by atoms with Crippen LogP contribution in [0.5, 0.6) is 5.75 Å². The molecule has 3 aromatic rings. The van der Waals surface area contributed by atoms with Crippen molar-refractivity contribution in [2.24, 2.45) is 7.05 Å². The smallest absolute Gasteiger partial charge is 0.351 e. The van der Waals surface area contributed by atoms with Crippen molar-refractivity contribution in [2.75, 3.05) is 0 Å². The molecule has 0 aliphatic heterocycles. The van der Waals surface area contributed by atoms with Crippen LogP contribution in [0.4, 0.5) is 0 Å². The van der Waals surface area contributed by atoms with Crippen LogP contribution < -0.4 is 5.63 Å². The molecular weight excluding hydrogens is 356 g/mol. The molecule has 0 saturated heterocycles. The first kappa shape index (κ1) is 17.7. The summed E-state index contributed by atoms with van der Waals surface area (Å²) in [5, 5.41) is 14.6. The molecule has 0 saturated carbocycles. The van der Waals surface area contributed by atoms with E-state index >= 15 is 0 Å². The Balaban J connectivity index is 2.02. The highest BCUT2D eigenvalue weighted by atomic mass is 35.5. The van der Waals surface area contributed by atoms with Gasteiger partial charge in [0.15, 0.2) is 5.78 Å². The van der Waals surface area contributed by atoms with Gasteiger partial charge in [-0.15, -0.1) is 0 Å². The van der Waals surface area contributed by atoms with Gasteiger partial charge >= 0.3 is 5.63 Å². The predicted molar refractivity (Wildman–Crippen MR) is 98.4 cm³/mol. The minimum Gasteiger partial charge on any atom is -0.507 e. The molecule has 0 aliphatic rings. The van der Waals surface area contributed by atoms with E-state index in [0.29, 0.717) is 16.4 Å². The quantitative estimate of drug-likeness (QED) is 0.560. The molecule has 0 bridgehead atoms. The number of halogens is 1. The van der Waals surface area contributed by atoms with Crippen LogP contribution in [0.25, 0.3) is 17.3 Å². The van der Waals surface area contributed by atoms with Gasteiger partial charge in [-0.25, -0.2) is 4.79 Å². The molecule has 0 spiro atoms. The number of allylic oxidation sites excluding steroid dienone is 1. The first-order chi connectivity index (χ1) is 12.4. The number of carbonyl (C=O) groups is 1. The van der Waals surface area contributed by atoms with Gasteiger partial charge in [-0.3, -0.25) is 9.48 Å². The van der Waals surface area contributed by atoms with E-state index in [9.17, 15) is 14.7 Å². The summed E-state index contributed by atoms with van der Waals surface area (Å²) in [4.78, 5) is 24.2. The fraction of sp³-hybridized carbons (Fsp3) is 0.105. The van der Waals surface area contributed by atoms with Crippen LogP contribution in [-0.2, 0) is 7.05 Å². The zero-order chi connectivity index (χ0) is 18.8. The van der Waals surface area contributed by atoms with E-state index in [-0.39, 0.29) is 5.76 Å². The third-order valence-electron chi connectivity index (χ3n) is 3.76. The van der Waals surface area contributed by atoms with Crippen LogP contribution in [0.1, 0.15) is 21.7 Å². The molecule has 2 heterocycles. The maximum Gasteiger partial charge on any atom is 0.351 e. The van der Waals surface area contributed by atoms with Crippen molar-refractivity contribution in [3.63, 3.8) is 0 Å². The van der Waals surface area contributed by atoms with E-state index in [1.165, 1.54) is 23.7 Å². The number of rotatable bonds is 4. The summed E-state index contributed by atoms with van der Waals surface area (Å²) >= 11 is 6.28. The van der Waals surface area contributed by atoms with Gasteiger partial charge in [0.2, 0.25) is 0 Å². The van der Waals surface area contributed by atoms with E-state index in [1.54, 1.807) is 7.05 Å². The molecule has 1 aromatic carbocycles. The predicted octanol–water partition coefficient (Wildman–Crippen LogP) is 3.60. The fourth-order valence-corrected chi connectivity index (χ4v) is 2.73. The van der Waals surface area contributed by atoms with Gasteiger partial charge in [-0.05, 0) is 19.1 Å². The molecule has 0 fully saturated rings. The Morgan fingerprint density at radius 3 is 2.65 bits per heavy atom. The van der Waals surface area contributed by atoms with Crippen LogP contribution in [0, 0.1) is 6.92 Å². The van der Waals surface area contributed by atoms with Gasteiger partial charge in [0.25, 0.3) is 0 Å². The van der Waals surface area contributed by atoms with E-state index in [0.717, 1.165) is 11.6 Å². The summed E-state index contributed by atoms with van der Waals surface area (Å²) in [6.45, 7) is 1.51. The molecule has 0 amide bonds. The summed E-state index contributed by atoms with van der Waals surface area (Å²) in [6.07, 6.45) is 2.63. The lowest BCUT2D eigenvalue weighted by Gasteiger charge is -2.00. The van der Waals surface area contributed by atoms with Gasteiger partial charge in [0.1, 0.15) is 27.9 Å². The molecule has 3 rings (SSSR count). The van der Waals surface area contributed by atoms with Crippen molar-refractivity contribution in [3.8, 4) is 17.0 Å². The minimum absolute atomic E-state index is 0.217. The van der Waals surface area contributed by atoms with Gasteiger partial charge < -0.3 is 9.52 Å². The topological polar surface area (TPSA) is 85.3 Å². The number of benzene rings is 1. The van der Waals surface area contributed by atoms with Gasteiger partial charge in [0, 0.05) is 24.2 Å². The average molecular weight is 371 g/mol. The molecule has 0 atom stereocenters. The van der Waals surface area contributed by atoms with Crippen LogP contribution in [0.15, 0.2) is 51.7 Å². The van der Waals surface area contributed by atoms with E-state index < -0.39 is 22.7 Å². The number of ketones is 1. The Kier molecular flexibility index (Phi) is 4.77. The number of nitrogens with zero attached hydrogens (tertiary/aromatic N) is 2. The maximum atomic E-state index is 12.4. The van der Waals surface area contributed by atoms with Crippen molar-refractivity contribution in [2.45, 2.75) is 6.92 Å². The second-order valence-electron chi connectivity index (χ2n) is 5.65. The fourth-order valence-electron chi connectivity index (χ4n) is 2.54. The zero-order valence-corrected chi connectivity index (χ0v) is 14.8. The van der Waals surface area contributed by atoms with Gasteiger partial charge in [-0.1, -0.05) is 41.9 Å². The van der Waals surface area contributed by atoms with Crippen molar-refractivity contribution in [3.05, 3.63) is 74.9 Å². The summed E-state index contributed by atoms with van der Waals surface area (Å²) in [5.74, 6) is -0.890. The Morgan fingerprint density at radius 1 is 1.31 bits per heavy atom. The second kappa shape index (κ2) is 7.01. The average Bonchev–Trinajstić information content (AvgIpc) is 2.88. The third kappa shape index (κ3) is 3.32. The molecule has 26 heavy (non-hydrogen) atoms. The molecule has 0 radical (unpaired) electrons. The normalized spacial score (nSPS) is 11.2. The lowest BCUT2D eigenvalue weighted by atomic mass is 10.1. The minimum atomic E-state index is -0.891. The summed E-state index contributed by atoms with van der Waals surface area (Å²) < 4.78 is 6.36. The molecule has 2 aromatic heterocycles. The number of aromatic hydroxyl groups is 1. The molecule has 0 aliphatic carbocycles. The summed E-state index contributed by atoms with van der Waals surface area (Å²) in [7, 11) is 1.69. The third-order valence-corrected chi connectivity index (χ3v) is 4.21. The zero-order valence-electron chi connectivity index (χ0n) is 14.1. The largest absolute Gasteiger partial charge is 0.507 e. The highest BCUT2D eigenvalue weighted by molar-refractivity contribution is 6.31. The number of aromatic nitrogens is 2. The highest BCUT2D eigenvalue weighted by Gasteiger charge is 2.18. The number of hydrogen-bond acceptors (Lipinski definition) is 5. The first-order valence-electron chi connectivity index (χ1n) is 7.72. The van der Waals surface area contributed by atoms with Crippen molar-refractivity contribution < 1.29 is 14.3 Å². The number of aryl methyl sites for hydroxylation is 2. The molecule has 0 unspecified atom stereocenters. The maximum absolute atomic E-state index is 12.4. The molecule has 6 nitrogen and oxygen atoms in total. The molecule has 7 heteroatoms. The van der Waals surface area contributed by atoms with Gasteiger partial charge in [0.05, 0.1) is 0 Å². The van der Waals surface area contributed by atoms with Crippen molar-refractivity contribution in [1.29, 1.82) is 0 Å². The second-order valence-corrected chi connectivity index (χ2v) is 6.00. The van der Waals surface area contributed by atoms with E-state index in [4.69, 9.17) is 16.0 Å². The molecule has 132 valence electrons. The summed E-state index contributed by atoms with van der Waals surface area (Å²) in [5.41, 5.74) is 0.651. The monoisotopic (exact) mass is 370 g/mol. The van der Waals surface area contributed by atoms with Crippen LogP contribution >= 0.6 is 11.6 Å². The highest BCUT2D eigenvalue weighted by Crippen LogP contribution is 2.29. The Morgan fingerprint density at radius 2 is 2.00 bits per heavy atom.